The topological polar surface area (TPSA) is 21.3 Å². The highest BCUT2D eigenvalue weighted by molar-refractivity contribution is 4.85. The Hall–Kier alpha value is -0.0800. The van der Waals surface area contributed by atoms with Gasteiger partial charge in [-0.05, 0) is 38.3 Å². The molecule has 0 aromatic rings. The van der Waals surface area contributed by atoms with E-state index in [0.717, 1.165) is 19.0 Å². The van der Waals surface area contributed by atoms with Crippen LogP contribution in [-0.4, -0.2) is 25.3 Å². The van der Waals surface area contributed by atoms with Crippen LogP contribution >= 0.6 is 0 Å². The minimum Gasteiger partial charge on any atom is -0.375 e. The van der Waals surface area contributed by atoms with E-state index >= 15 is 0 Å². The van der Waals surface area contributed by atoms with Gasteiger partial charge in [0.1, 0.15) is 0 Å². The number of rotatable bonds is 2. The Kier molecular flexibility index (Phi) is 2.14. The van der Waals surface area contributed by atoms with Crippen LogP contribution in [0.4, 0.5) is 0 Å². The molecule has 1 N–H and O–H groups in total. The zero-order valence-electron chi connectivity index (χ0n) is 7.18. The van der Waals surface area contributed by atoms with E-state index in [4.69, 9.17) is 4.74 Å². The third-order valence-corrected chi connectivity index (χ3v) is 2.69. The number of ether oxygens (including phenoxy) is 1. The summed E-state index contributed by atoms with van der Waals surface area (Å²) in [6.07, 6.45) is 4.89. The van der Waals surface area contributed by atoms with Crippen LogP contribution in [0.1, 0.15) is 26.2 Å². The largest absolute Gasteiger partial charge is 0.375 e. The predicted molar refractivity (Wildman–Crippen MR) is 44.5 cm³/mol. The van der Waals surface area contributed by atoms with Gasteiger partial charge in [0.05, 0.1) is 12.2 Å². The molecule has 1 aliphatic heterocycles. The molecule has 2 aliphatic rings. The van der Waals surface area contributed by atoms with E-state index in [-0.39, 0.29) is 0 Å². The van der Waals surface area contributed by atoms with Gasteiger partial charge >= 0.3 is 0 Å². The Labute approximate surface area is 68.3 Å². The molecule has 2 heteroatoms. The van der Waals surface area contributed by atoms with Crippen molar-refractivity contribution in [3.05, 3.63) is 0 Å². The Morgan fingerprint density at radius 3 is 2.45 bits per heavy atom. The van der Waals surface area contributed by atoms with Gasteiger partial charge in [-0.25, -0.2) is 0 Å². The molecule has 11 heavy (non-hydrogen) atoms. The minimum absolute atomic E-state index is 0.561. The van der Waals surface area contributed by atoms with E-state index < -0.39 is 0 Å². The lowest BCUT2D eigenvalue weighted by Crippen LogP contribution is -2.33. The summed E-state index contributed by atoms with van der Waals surface area (Å²) in [6, 6.07) is 0. The van der Waals surface area contributed by atoms with E-state index in [9.17, 15) is 0 Å². The molecular weight excluding hydrogens is 138 g/mol. The molecule has 2 unspecified atom stereocenters. The predicted octanol–water partition coefficient (Wildman–Crippen LogP) is 1.16. The monoisotopic (exact) mass is 155 g/mol. The summed E-state index contributed by atoms with van der Waals surface area (Å²) in [5.74, 6) is 0.838. The van der Waals surface area contributed by atoms with Crippen LogP contribution in [0, 0.1) is 5.92 Å². The lowest BCUT2D eigenvalue weighted by molar-refractivity contribution is 0.0149. The van der Waals surface area contributed by atoms with E-state index in [1.54, 1.807) is 0 Å². The average Bonchev–Trinajstić information content (AvgIpc) is 2.69. The summed E-state index contributed by atoms with van der Waals surface area (Å²) in [6.45, 7) is 4.56. The van der Waals surface area contributed by atoms with Crippen molar-refractivity contribution in [1.29, 1.82) is 0 Å². The molecule has 2 atom stereocenters. The normalized spacial score (nSPS) is 39.0. The highest BCUT2D eigenvalue weighted by Gasteiger charge is 2.35. The molecule has 2 fully saturated rings. The first kappa shape index (κ1) is 7.56. The zero-order valence-corrected chi connectivity index (χ0v) is 7.18. The summed E-state index contributed by atoms with van der Waals surface area (Å²) < 4.78 is 5.87. The SMILES string of the molecule is CC1CC1OC1CCNCC1. The van der Waals surface area contributed by atoms with Crippen LogP contribution in [0.2, 0.25) is 0 Å². The third kappa shape index (κ3) is 1.94. The number of nitrogens with one attached hydrogen (secondary N) is 1. The van der Waals surface area contributed by atoms with Crippen molar-refractivity contribution in [2.24, 2.45) is 5.92 Å². The van der Waals surface area contributed by atoms with Crippen molar-refractivity contribution in [1.82, 2.24) is 5.32 Å². The van der Waals surface area contributed by atoms with Crippen LogP contribution in [-0.2, 0) is 4.74 Å². The van der Waals surface area contributed by atoms with Crippen LogP contribution < -0.4 is 5.32 Å². The van der Waals surface area contributed by atoms with E-state index in [0.29, 0.717) is 12.2 Å². The fourth-order valence-corrected chi connectivity index (χ4v) is 1.66. The van der Waals surface area contributed by atoms with Gasteiger partial charge in [0.25, 0.3) is 0 Å². The van der Waals surface area contributed by atoms with Gasteiger partial charge in [0.15, 0.2) is 0 Å². The summed E-state index contributed by atoms with van der Waals surface area (Å²) in [5.41, 5.74) is 0. The van der Waals surface area contributed by atoms with Gasteiger partial charge in [-0.15, -0.1) is 0 Å². The summed E-state index contributed by atoms with van der Waals surface area (Å²) in [5, 5.41) is 3.34. The highest BCUT2D eigenvalue weighted by atomic mass is 16.5. The molecule has 1 heterocycles. The maximum absolute atomic E-state index is 5.87. The van der Waals surface area contributed by atoms with Gasteiger partial charge in [-0.2, -0.15) is 0 Å². The quantitative estimate of drug-likeness (QED) is 0.646. The maximum atomic E-state index is 5.87. The Morgan fingerprint density at radius 2 is 1.91 bits per heavy atom. The van der Waals surface area contributed by atoms with E-state index in [2.05, 4.69) is 12.2 Å². The smallest absolute Gasteiger partial charge is 0.0608 e. The second-order valence-electron chi connectivity index (χ2n) is 3.84. The molecule has 1 saturated carbocycles. The molecule has 0 aromatic carbocycles. The first-order chi connectivity index (χ1) is 5.36. The lowest BCUT2D eigenvalue weighted by atomic mass is 10.1. The second kappa shape index (κ2) is 3.11. The lowest BCUT2D eigenvalue weighted by Gasteiger charge is -2.22. The Balaban J connectivity index is 1.68. The zero-order chi connectivity index (χ0) is 7.68. The molecule has 2 nitrogen and oxygen atoms in total. The van der Waals surface area contributed by atoms with Crippen molar-refractivity contribution < 1.29 is 4.74 Å². The molecule has 0 spiro atoms. The standard InChI is InChI=1S/C9H17NO/c1-7-6-9(7)11-8-2-4-10-5-3-8/h7-10H,2-6H2,1H3. The molecule has 64 valence electrons. The van der Waals surface area contributed by atoms with Crippen LogP contribution in [0.3, 0.4) is 0 Å². The first-order valence-corrected chi connectivity index (χ1v) is 4.72. The van der Waals surface area contributed by atoms with Crippen molar-refractivity contribution in [2.75, 3.05) is 13.1 Å². The summed E-state index contributed by atoms with van der Waals surface area (Å²) >= 11 is 0. The summed E-state index contributed by atoms with van der Waals surface area (Å²) in [7, 11) is 0. The van der Waals surface area contributed by atoms with Crippen molar-refractivity contribution in [2.45, 2.75) is 38.4 Å². The molecule has 1 saturated heterocycles. The number of piperidine rings is 1. The van der Waals surface area contributed by atoms with Gasteiger partial charge < -0.3 is 10.1 Å². The van der Waals surface area contributed by atoms with E-state index in [1.165, 1.54) is 19.3 Å². The third-order valence-electron chi connectivity index (χ3n) is 2.69. The Bertz CT molecular complexity index is 132. The van der Waals surface area contributed by atoms with Crippen molar-refractivity contribution >= 4 is 0 Å². The maximum Gasteiger partial charge on any atom is 0.0608 e. The molecule has 1 aliphatic carbocycles. The van der Waals surface area contributed by atoms with Crippen LogP contribution in [0.25, 0.3) is 0 Å². The van der Waals surface area contributed by atoms with Gasteiger partial charge in [-0.3, -0.25) is 0 Å². The average molecular weight is 155 g/mol. The van der Waals surface area contributed by atoms with Crippen molar-refractivity contribution in [3.63, 3.8) is 0 Å². The minimum atomic E-state index is 0.561. The van der Waals surface area contributed by atoms with Gasteiger partial charge in [0.2, 0.25) is 0 Å². The van der Waals surface area contributed by atoms with Crippen molar-refractivity contribution in [3.8, 4) is 0 Å². The van der Waals surface area contributed by atoms with E-state index in [1.807, 2.05) is 0 Å². The molecular formula is C9H17NO. The number of hydrogen-bond donors (Lipinski definition) is 1. The molecule has 0 radical (unpaired) electrons. The van der Waals surface area contributed by atoms with Crippen LogP contribution in [0.15, 0.2) is 0 Å². The number of hydrogen-bond acceptors (Lipinski definition) is 2. The second-order valence-corrected chi connectivity index (χ2v) is 3.84. The van der Waals surface area contributed by atoms with Gasteiger partial charge in [-0.1, -0.05) is 6.92 Å². The molecule has 0 aromatic heterocycles. The summed E-state index contributed by atoms with van der Waals surface area (Å²) in [4.78, 5) is 0. The fourth-order valence-electron chi connectivity index (χ4n) is 1.66. The molecule has 0 bridgehead atoms. The Morgan fingerprint density at radius 1 is 1.27 bits per heavy atom. The van der Waals surface area contributed by atoms with Crippen LogP contribution in [0.5, 0.6) is 0 Å². The molecule has 2 rings (SSSR count). The first-order valence-electron chi connectivity index (χ1n) is 4.72. The highest BCUT2D eigenvalue weighted by Crippen LogP contribution is 2.34. The fraction of sp³-hybridized carbons (Fsp3) is 1.00. The van der Waals surface area contributed by atoms with Gasteiger partial charge in [0, 0.05) is 0 Å². The molecule has 0 amide bonds.